The fourth-order valence-corrected chi connectivity index (χ4v) is 4.17. The second-order valence-corrected chi connectivity index (χ2v) is 6.99. The molecule has 1 aromatic rings. The zero-order valence-electron chi connectivity index (χ0n) is 13.7. The third-order valence-electron chi connectivity index (χ3n) is 5.41. The van der Waals surface area contributed by atoms with Gasteiger partial charge in [0.15, 0.2) is 0 Å². The molecule has 0 bridgehead atoms. The summed E-state index contributed by atoms with van der Waals surface area (Å²) in [5.74, 6) is -0.455. The molecular formula is C19H25NO3. The van der Waals surface area contributed by atoms with Crippen LogP contribution in [0.5, 0.6) is 0 Å². The average molecular weight is 315 g/mol. The highest BCUT2D eigenvalue weighted by atomic mass is 16.4. The number of carbonyl (C=O) groups is 2. The minimum Gasteiger partial charge on any atom is -0.480 e. The van der Waals surface area contributed by atoms with Crippen molar-refractivity contribution < 1.29 is 14.7 Å². The number of carboxylic acids is 1. The number of hydrogen-bond donors (Lipinski definition) is 1. The van der Waals surface area contributed by atoms with Crippen molar-refractivity contribution in [2.45, 2.75) is 64.0 Å². The molecule has 0 aromatic heterocycles. The quantitative estimate of drug-likeness (QED) is 0.928. The highest BCUT2D eigenvalue weighted by Gasteiger charge is 2.47. The molecule has 2 fully saturated rings. The van der Waals surface area contributed by atoms with Crippen molar-refractivity contribution in [3.63, 3.8) is 0 Å². The van der Waals surface area contributed by atoms with E-state index in [9.17, 15) is 14.7 Å². The lowest BCUT2D eigenvalue weighted by atomic mass is 9.84. The molecule has 3 rings (SSSR count). The summed E-state index contributed by atoms with van der Waals surface area (Å²) >= 11 is 0. The molecule has 4 nitrogen and oxygen atoms in total. The Labute approximate surface area is 137 Å². The Kier molecular flexibility index (Phi) is 4.69. The summed E-state index contributed by atoms with van der Waals surface area (Å²) < 4.78 is 0. The van der Waals surface area contributed by atoms with Crippen LogP contribution in [-0.4, -0.2) is 34.0 Å². The molecule has 1 amide bonds. The first-order valence-corrected chi connectivity index (χ1v) is 8.66. The van der Waals surface area contributed by atoms with E-state index in [2.05, 4.69) is 0 Å². The van der Waals surface area contributed by atoms with E-state index in [1.165, 1.54) is 12.0 Å². The Hall–Kier alpha value is -1.84. The Balaban J connectivity index is 1.68. The fraction of sp³-hybridized carbons (Fsp3) is 0.579. The first kappa shape index (κ1) is 16.0. The third-order valence-corrected chi connectivity index (χ3v) is 5.41. The van der Waals surface area contributed by atoms with Gasteiger partial charge in [0.25, 0.3) is 0 Å². The van der Waals surface area contributed by atoms with Crippen LogP contribution < -0.4 is 0 Å². The van der Waals surface area contributed by atoms with Gasteiger partial charge in [-0.15, -0.1) is 0 Å². The molecule has 3 unspecified atom stereocenters. The summed E-state index contributed by atoms with van der Waals surface area (Å²) in [4.78, 5) is 26.0. The van der Waals surface area contributed by atoms with Crippen LogP contribution in [0.15, 0.2) is 24.3 Å². The van der Waals surface area contributed by atoms with Gasteiger partial charge < -0.3 is 10.0 Å². The average Bonchev–Trinajstić information content (AvgIpc) is 2.94. The minimum absolute atomic E-state index is 0.00683. The lowest BCUT2D eigenvalue weighted by Crippen LogP contribution is -2.46. The predicted octanol–water partition coefficient (Wildman–Crippen LogP) is 3.17. The number of rotatable bonds is 4. The predicted molar refractivity (Wildman–Crippen MR) is 88.1 cm³/mol. The number of fused-ring (bicyclic) bond motifs is 1. The Morgan fingerprint density at radius 2 is 1.87 bits per heavy atom. The van der Waals surface area contributed by atoms with Crippen LogP contribution >= 0.6 is 0 Å². The fourth-order valence-electron chi connectivity index (χ4n) is 4.17. The molecule has 1 saturated carbocycles. The van der Waals surface area contributed by atoms with Crippen LogP contribution in [0.3, 0.4) is 0 Å². The molecule has 1 aliphatic carbocycles. The molecule has 1 aliphatic heterocycles. The Morgan fingerprint density at radius 3 is 2.57 bits per heavy atom. The molecular weight excluding hydrogens is 290 g/mol. The van der Waals surface area contributed by atoms with Crippen LogP contribution in [0.2, 0.25) is 0 Å². The topological polar surface area (TPSA) is 57.6 Å². The first-order chi connectivity index (χ1) is 11.1. The van der Waals surface area contributed by atoms with Crippen LogP contribution in [-0.2, 0) is 16.0 Å². The van der Waals surface area contributed by atoms with Crippen molar-refractivity contribution >= 4 is 11.9 Å². The second-order valence-electron chi connectivity index (χ2n) is 6.99. The molecule has 1 heterocycles. The van der Waals surface area contributed by atoms with E-state index >= 15 is 0 Å². The summed E-state index contributed by atoms with van der Waals surface area (Å²) in [6, 6.07) is 7.72. The number of nitrogens with zero attached hydrogens (tertiary/aromatic N) is 1. The number of benzene rings is 1. The molecule has 1 saturated heterocycles. The normalized spacial score (nSPS) is 26.8. The zero-order valence-corrected chi connectivity index (χ0v) is 13.7. The number of carboxylic acid groups (broad SMARTS) is 1. The number of amides is 1. The maximum absolute atomic E-state index is 12.7. The SMILES string of the molecule is Cc1ccc(CCC(=O)N2C(C(=O)O)CC3CCCCC32)cc1. The van der Waals surface area contributed by atoms with E-state index in [-0.39, 0.29) is 11.9 Å². The van der Waals surface area contributed by atoms with Gasteiger partial charge in [0, 0.05) is 12.5 Å². The number of carbonyl (C=O) groups excluding carboxylic acids is 1. The second kappa shape index (κ2) is 6.73. The molecule has 4 heteroatoms. The summed E-state index contributed by atoms with van der Waals surface area (Å²) in [6.45, 7) is 2.04. The molecule has 23 heavy (non-hydrogen) atoms. The molecule has 0 radical (unpaired) electrons. The maximum Gasteiger partial charge on any atom is 0.326 e. The van der Waals surface area contributed by atoms with Crippen LogP contribution in [0, 0.1) is 12.8 Å². The van der Waals surface area contributed by atoms with Crippen molar-refractivity contribution in [2.75, 3.05) is 0 Å². The van der Waals surface area contributed by atoms with Crippen molar-refractivity contribution in [2.24, 2.45) is 5.92 Å². The maximum atomic E-state index is 12.7. The Bertz CT molecular complexity index is 581. The van der Waals surface area contributed by atoms with E-state index in [1.54, 1.807) is 4.90 Å². The van der Waals surface area contributed by atoms with Crippen LogP contribution in [0.4, 0.5) is 0 Å². The highest BCUT2D eigenvalue weighted by Crippen LogP contribution is 2.40. The molecule has 1 N–H and O–H groups in total. The van der Waals surface area contributed by atoms with Crippen molar-refractivity contribution in [1.29, 1.82) is 0 Å². The van der Waals surface area contributed by atoms with Gasteiger partial charge in [-0.3, -0.25) is 4.79 Å². The van der Waals surface area contributed by atoms with Gasteiger partial charge >= 0.3 is 5.97 Å². The van der Waals surface area contributed by atoms with E-state index < -0.39 is 12.0 Å². The lowest BCUT2D eigenvalue weighted by molar-refractivity contribution is -0.149. The van der Waals surface area contributed by atoms with Gasteiger partial charge in [0.05, 0.1) is 0 Å². The first-order valence-electron chi connectivity index (χ1n) is 8.66. The van der Waals surface area contributed by atoms with Crippen molar-refractivity contribution in [1.82, 2.24) is 4.90 Å². The van der Waals surface area contributed by atoms with Crippen molar-refractivity contribution in [3.05, 3.63) is 35.4 Å². The smallest absolute Gasteiger partial charge is 0.326 e. The van der Waals surface area contributed by atoms with E-state index in [1.807, 2.05) is 31.2 Å². The van der Waals surface area contributed by atoms with Crippen LogP contribution in [0.25, 0.3) is 0 Å². The number of likely N-dealkylation sites (tertiary alicyclic amines) is 1. The standard InChI is InChI=1S/C19H25NO3/c1-13-6-8-14(9-7-13)10-11-18(21)20-16-5-3-2-4-15(16)12-17(20)19(22)23/h6-9,15-17H,2-5,10-12H2,1H3,(H,22,23). The highest BCUT2D eigenvalue weighted by molar-refractivity contribution is 5.85. The Morgan fingerprint density at radius 1 is 1.17 bits per heavy atom. The molecule has 3 atom stereocenters. The molecule has 1 aromatic carbocycles. The van der Waals surface area contributed by atoms with Gasteiger partial charge in [-0.25, -0.2) is 4.79 Å². The van der Waals surface area contributed by atoms with Crippen molar-refractivity contribution in [3.8, 4) is 0 Å². The van der Waals surface area contributed by atoms with E-state index in [4.69, 9.17) is 0 Å². The largest absolute Gasteiger partial charge is 0.480 e. The monoisotopic (exact) mass is 315 g/mol. The van der Waals surface area contributed by atoms with Gasteiger partial charge in [-0.05, 0) is 44.1 Å². The summed E-state index contributed by atoms with van der Waals surface area (Å²) in [6.07, 6.45) is 6.01. The summed E-state index contributed by atoms with van der Waals surface area (Å²) in [7, 11) is 0. The molecule has 124 valence electrons. The van der Waals surface area contributed by atoms with E-state index in [0.717, 1.165) is 24.8 Å². The zero-order chi connectivity index (χ0) is 16.4. The summed E-state index contributed by atoms with van der Waals surface area (Å²) in [5.41, 5.74) is 2.34. The molecule has 0 spiro atoms. The van der Waals surface area contributed by atoms with Gasteiger partial charge in [-0.2, -0.15) is 0 Å². The number of hydrogen-bond acceptors (Lipinski definition) is 2. The van der Waals surface area contributed by atoms with Crippen LogP contribution in [0.1, 0.15) is 49.7 Å². The molecule has 2 aliphatic rings. The van der Waals surface area contributed by atoms with Gasteiger partial charge in [0.1, 0.15) is 6.04 Å². The van der Waals surface area contributed by atoms with E-state index in [0.29, 0.717) is 25.2 Å². The lowest BCUT2D eigenvalue weighted by Gasteiger charge is -2.33. The van der Waals surface area contributed by atoms with Gasteiger partial charge in [0.2, 0.25) is 5.91 Å². The van der Waals surface area contributed by atoms with Gasteiger partial charge in [-0.1, -0.05) is 42.7 Å². The summed E-state index contributed by atoms with van der Waals surface area (Å²) in [5, 5.41) is 9.50. The minimum atomic E-state index is -0.844. The number of aliphatic carboxylic acids is 1. The third kappa shape index (κ3) is 3.41. The number of aryl methyl sites for hydroxylation is 2.